The van der Waals surface area contributed by atoms with E-state index in [-0.39, 0.29) is 12.5 Å². The minimum absolute atomic E-state index is 0.0476. The van der Waals surface area contributed by atoms with Crippen molar-refractivity contribution in [2.24, 2.45) is 0 Å². The van der Waals surface area contributed by atoms with Crippen molar-refractivity contribution in [3.63, 3.8) is 0 Å². The molecular weight excluding hydrogens is 232 g/mol. The van der Waals surface area contributed by atoms with Gasteiger partial charge in [-0.05, 0) is 25.1 Å². The highest BCUT2D eigenvalue weighted by Crippen LogP contribution is 2.17. The Morgan fingerprint density at radius 2 is 2.17 bits per heavy atom. The van der Waals surface area contributed by atoms with Crippen molar-refractivity contribution in [1.82, 2.24) is 0 Å². The van der Waals surface area contributed by atoms with Crippen molar-refractivity contribution in [3.8, 4) is 0 Å². The highest BCUT2D eigenvalue weighted by molar-refractivity contribution is 5.94. The van der Waals surface area contributed by atoms with Crippen LogP contribution >= 0.6 is 0 Å². The quantitative estimate of drug-likeness (QED) is 0.586. The van der Waals surface area contributed by atoms with Crippen LogP contribution in [0.3, 0.4) is 0 Å². The molecule has 1 amide bonds. The second-order valence-electron chi connectivity index (χ2n) is 3.78. The number of methoxy groups -OCH3 is 1. The summed E-state index contributed by atoms with van der Waals surface area (Å²) in [4.78, 5) is 13.6. The Balaban J connectivity index is 2.57. The molecule has 1 aromatic carbocycles. The number of amides is 1. The first-order valence-corrected chi connectivity index (χ1v) is 5.91. The van der Waals surface area contributed by atoms with Gasteiger partial charge in [0.2, 0.25) is 0 Å². The fourth-order valence-electron chi connectivity index (χ4n) is 1.58. The summed E-state index contributed by atoms with van der Waals surface area (Å²) in [5.41, 5.74) is 7.13. The molecule has 0 unspecified atom stereocenters. The fraction of sp³-hybridized carbons (Fsp3) is 0.462. The summed E-state index contributed by atoms with van der Waals surface area (Å²) >= 11 is 0. The van der Waals surface area contributed by atoms with Crippen LogP contribution in [-0.2, 0) is 14.3 Å². The van der Waals surface area contributed by atoms with E-state index in [0.29, 0.717) is 25.4 Å². The molecule has 5 nitrogen and oxygen atoms in total. The van der Waals surface area contributed by atoms with Crippen LogP contribution in [0.1, 0.15) is 6.92 Å². The van der Waals surface area contributed by atoms with Crippen LogP contribution in [0.25, 0.3) is 0 Å². The molecule has 0 atom stereocenters. The number of ether oxygens (including phenoxy) is 2. The lowest BCUT2D eigenvalue weighted by atomic mass is 10.2. The smallest absolute Gasteiger partial charge is 0.252 e. The maximum absolute atomic E-state index is 12.0. The number of likely N-dealkylation sites (N-methyl/N-ethyl adjacent to an activating group) is 1. The Hall–Kier alpha value is -1.59. The van der Waals surface area contributed by atoms with Gasteiger partial charge in [-0.1, -0.05) is 6.07 Å². The molecule has 0 aliphatic rings. The molecule has 0 aliphatic carbocycles. The maximum atomic E-state index is 12.0. The number of nitrogens with zero attached hydrogens (tertiary/aromatic N) is 1. The number of nitrogens with two attached hydrogens (primary N) is 1. The Bertz CT molecular complexity index is 382. The molecule has 0 aliphatic heterocycles. The first kappa shape index (κ1) is 14.5. The zero-order chi connectivity index (χ0) is 13.4. The summed E-state index contributed by atoms with van der Waals surface area (Å²) in [6.07, 6.45) is 0. The van der Waals surface area contributed by atoms with E-state index in [9.17, 15) is 4.79 Å². The molecule has 1 rings (SSSR count). The van der Waals surface area contributed by atoms with Gasteiger partial charge < -0.3 is 20.1 Å². The molecule has 0 bridgehead atoms. The van der Waals surface area contributed by atoms with Crippen molar-refractivity contribution >= 4 is 17.3 Å². The minimum Gasteiger partial charge on any atom is -0.399 e. The van der Waals surface area contributed by atoms with Crippen LogP contribution in [0.2, 0.25) is 0 Å². The lowest BCUT2D eigenvalue weighted by molar-refractivity contribution is -0.123. The van der Waals surface area contributed by atoms with Crippen LogP contribution in [0.15, 0.2) is 24.3 Å². The molecule has 0 aromatic heterocycles. The van der Waals surface area contributed by atoms with E-state index in [1.165, 1.54) is 0 Å². The number of carbonyl (C=O) groups excluding carboxylic acids is 1. The van der Waals surface area contributed by atoms with Crippen molar-refractivity contribution in [2.75, 3.05) is 44.1 Å². The average molecular weight is 252 g/mol. The van der Waals surface area contributed by atoms with Gasteiger partial charge in [0.15, 0.2) is 0 Å². The molecule has 0 saturated carbocycles. The first-order chi connectivity index (χ1) is 8.69. The fourth-order valence-corrected chi connectivity index (χ4v) is 1.58. The van der Waals surface area contributed by atoms with Crippen LogP contribution in [0.5, 0.6) is 0 Å². The molecular formula is C13H20N2O3. The standard InChI is InChI=1S/C13H20N2O3/c1-3-15(12-6-4-5-11(14)9-12)13(16)10-18-8-7-17-2/h4-6,9H,3,7-8,10,14H2,1-2H3. The number of hydrogen-bond acceptors (Lipinski definition) is 4. The van der Waals surface area contributed by atoms with Crippen molar-refractivity contribution in [1.29, 1.82) is 0 Å². The Kier molecular flexibility index (Phi) is 6.18. The Labute approximate surface area is 107 Å². The Morgan fingerprint density at radius 3 is 2.78 bits per heavy atom. The average Bonchev–Trinajstić information content (AvgIpc) is 2.36. The second-order valence-corrected chi connectivity index (χ2v) is 3.78. The lowest BCUT2D eigenvalue weighted by Gasteiger charge is -2.21. The first-order valence-electron chi connectivity index (χ1n) is 5.91. The Morgan fingerprint density at radius 1 is 1.39 bits per heavy atom. The summed E-state index contributed by atoms with van der Waals surface area (Å²) in [6, 6.07) is 7.24. The molecule has 5 heteroatoms. The second kappa shape index (κ2) is 7.68. The zero-order valence-electron chi connectivity index (χ0n) is 10.9. The summed E-state index contributed by atoms with van der Waals surface area (Å²) in [6.45, 7) is 3.44. The van der Waals surface area contributed by atoms with Crippen molar-refractivity contribution in [3.05, 3.63) is 24.3 Å². The molecule has 1 aromatic rings. The predicted molar refractivity (Wildman–Crippen MR) is 71.6 cm³/mol. The summed E-state index contributed by atoms with van der Waals surface area (Å²) in [7, 11) is 1.59. The van der Waals surface area contributed by atoms with E-state index < -0.39 is 0 Å². The number of rotatable bonds is 7. The van der Waals surface area contributed by atoms with Crippen LogP contribution in [0, 0.1) is 0 Å². The minimum atomic E-state index is -0.0841. The third-order valence-corrected chi connectivity index (χ3v) is 2.46. The zero-order valence-corrected chi connectivity index (χ0v) is 10.9. The number of anilines is 2. The van der Waals surface area contributed by atoms with E-state index in [1.807, 2.05) is 19.1 Å². The maximum Gasteiger partial charge on any atom is 0.252 e. The van der Waals surface area contributed by atoms with E-state index in [4.69, 9.17) is 15.2 Å². The third kappa shape index (κ3) is 4.35. The van der Waals surface area contributed by atoms with E-state index >= 15 is 0 Å². The van der Waals surface area contributed by atoms with Gasteiger partial charge in [-0.3, -0.25) is 4.79 Å². The monoisotopic (exact) mass is 252 g/mol. The van der Waals surface area contributed by atoms with Gasteiger partial charge in [-0.15, -0.1) is 0 Å². The van der Waals surface area contributed by atoms with Gasteiger partial charge in [0.1, 0.15) is 6.61 Å². The van der Waals surface area contributed by atoms with E-state index in [0.717, 1.165) is 5.69 Å². The number of nitrogen functional groups attached to an aromatic ring is 1. The van der Waals surface area contributed by atoms with Gasteiger partial charge >= 0.3 is 0 Å². The van der Waals surface area contributed by atoms with Gasteiger partial charge in [0, 0.05) is 25.0 Å². The van der Waals surface area contributed by atoms with Crippen LogP contribution < -0.4 is 10.6 Å². The molecule has 0 fully saturated rings. The van der Waals surface area contributed by atoms with Crippen LogP contribution in [-0.4, -0.2) is 39.4 Å². The SMILES string of the molecule is CCN(C(=O)COCCOC)c1cccc(N)c1. The van der Waals surface area contributed by atoms with Gasteiger partial charge in [0.25, 0.3) is 5.91 Å². The summed E-state index contributed by atoms with van der Waals surface area (Å²) < 4.78 is 10.1. The van der Waals surface area contributed by atoms with Crippen molar-refractivity contribution in [2.45, 2.75) is 6.92 Å². The topological polar surface area (TPSA) is 64.8 Å². The molecule has 18 heavy (non-hydrogen) atoms. The van der Waals surface area contributed by atoms with E-state index in [1.54, 1.807) is 24.1 Å². The molecule has 0 heterocycles. The molecule has 100 valence electrons. The molecule has 0 spiro atoms. The highest BCUT2D eigenvalue weighted by atomic mass is 16.5. The van der Waals surface area contributed by atoms with Crippen molar-refractivity contribution < 1.29 is 14.3 Å². The van der Waals surface area contributed by atoms with E-state index in [2.05, 4.69) is 0 Å². The van der Waals surface area contributed by atoms with Gasteiger partial charge in [-0.25, -0.2) is 0 Å². The summed E-state index contributed by atoms with van der Waals surface area (Å²) in [5, 5.41) is 0. The molecule has 0 saturated heterocycles. The largest absolute Gasteiger partial charge is 0.399 e. The normalized spacial score (nSPS) is 10.3. The lowest BCUT2D eigenvalue weighted by Crippen LogP contribution is -2.34. The third-order valence-electron chi connectivity index (χ3n) is 2.46. The van der Waals surface area contributed by atoms with Crippen LogP contribution in [0.4, 0.5) is 11.4 Å². The predicted octanol–water partition coefficient (Wildman–Crippen LogP) is 1.28. The van der Waals surface area contributed by atoms with Gasteiger partial charge in [-0.2, -0.15) is 0 Å². The molecule has 0 radical (unpaired) electrons. The summed E-state index contributed by atoms with van der Waals surface area (Å²) in [5.74, 6) is -0.0841. The number of hydrogen-bond donors (Lipinski definition) is 1. The van der Waals surface area contributed by atoms with Gasteiger partial charge in [0.05, 0.1) is 13.2 Å². The molecule has 2 N–H and O–H groups in total. The number of carbonyl (C=O) groups is 1. The highest BCUT2D eigenvalue weighted by Gasteiger charge is 2.13. The number of benzene rings is 1.